The molecule has 0 radical (unpaired) electrons. The molecule has 0 aromatic heterocycles. The molecular weight excluding hydrogens is 712 g/mol. The van der Waals surface area contributed by atoms with Gasteiger partial charge in [0.15, 0.2) is 0 Å². The third-order valence-corrected chi connectivity index (χ3v) is 13.3. The average Bonchev–Trinajstić information content (AvgIpc) is 3.19. The molecule has 0 saturated heterocycles. The van der Waals surface area contributed by atoms with Crippen LogP contribution in [0.5, 0.6) is 0 Å². The number of hydrogen-bond donors (Lipinski definition) is 0. The second kappa shape index (κ2) is 46.1. The molecule has 7 heteroatoms. The first-order valence-electron chi connectivity index (χ1n) is 25.5. The molecule has 0 amide bonds. The van der Waals surface area contributed by atoms with E-state index in [1.54, 1.807) is 0 Å². The van der Waals surface area contributed by atoms with Crippen molar-refractivity contribution in [1.82, 2.24) is 9.80 Å². The fourth-order valence-corrected chi connectivity index (χ4v) is 9.29. The van der Waals surface area contributed by atoms with Crippen LogP contribution < -0.4 is 0 Å². The molecule has 0 unspecified atom stereocenters. The van der Waals surface area contributed by atoms with Crippen LogP contribution >= 0.6 is 7.82 Å². The molecule has 0 fully saturated rings. The van der Waals surface area contributed by atoms with Gasteiger partial charge in [-0.2, -0.15) is 0 Å². The molecule has 0 aliphatic heterocycles. The first kappa shape index (κ1) is 56.0. The quantitative estimate of drug-likeness (QED) is 0.0450. The summed E-state index contributed by atoms with van der Waals surface area (Å²) in [5.74, 6) is 0. The van der Waals surface area contributed by atoms with Gasteiger partial charge in [0.2, 0.25) is 0 Å². The average molecular weight is 815 g/mol. The maximum atomic E-state index is 12.8. The summed E-state index contributed by atoms with van der Waals surface area (Å²) >= 11 is 0. The summed E-state index contributed by atoms with van der Waals surface area (Å²) in [6, 6.07) is 0. The highest BCUT2D eigenvalue weighted by atomic mass is 31.2. The second-order valence-electron chi connectivity index (χ2n) is 17.1. The van der Waals surface area contributed by atoms with Gasteiger partial charge in [-0.05, 0) is 78.7 Å². The molecule has 0 heterocycles. The predicted octanol–water partition coefficient (Wildman–Crippen LogP) is 16.5. The molecule has 0 atom stereocenters. The van der Waals surface area contributed by atoms with Crippen molar-refractivity contribution < 1.29 is 18.1 Å². The minimum atomic E-state index is -3.44. The molecule has 338 valence electrons. The van der Waals surface area contributed by atoms with Crippen molar-refractivity contribution in [3.63, 3.8) is 0 Å². The lowest BCUT2D eigenvalue weighted by Crippen LogP contribution is -2.33. The highest BCUT2D eigenvalue weighted by Gasteiger charge is 2.25. The van der Waals surface area contributed by atoms with Crippen LogP contribution in [0.4, 0.5) is 0 Å². The first-order valence-corrected chi connectivity index (χ1v) is 27.0. The van der Waals surface area contributed by atoms with Crippen LogP contribution in [0.2, 0.25) is 0 Å². The van der Waals surface area contributed by atoms with Gasteiger partial charge in [-0.15, -0.1) is 0 Å². The standard InChI is InChI=1S/C49H103N2O4P/c1-6-11-14-17-20-23-26-29-32-35-38-43-50(44-39-36-33-30-27-24-21-18-15-12-7-2)46-41-47-51(48-42-49-55-56(52,53-9-4)54-10-5)45-40-37-34-31-28-25-22-19-16-13-8-3/h6-49H2,1-5H3. The Kier molecular flexibility index (Phi) is 46.1. The summed E-state index contributed by atoms with van der Waals surface area (Å²) in [5.41, 5.74) is 0. The largest absolute Gasteiger partial charge is 0.474 e. The van der Waals surface area contributed by atoms with Crippen molar-refractivity contribution in [2.75, 3.05) is 59.1 Å². The van der Waals surface area contributed by atoms with Gasteiger partial charge in [-0.3, -0.25) is 13.6 Å². The van der Waals surface area contributed by atoms with Crippen LogP contribution in [0.25, 0.3) is 0 Å². The summed E-state index contributed by atoms with van der Waals surface area (Å²) in [6.07, 6.45) is 48.3. The van der Waals surface area contributed by atoms with Gasteiger partial charge in [0.1, 0.15) is 0 Å². The monoisotopic (exact) mass is 815 g/mol. The highest BCUT2D eigenvalue weighted by molar-refractivity contribution is 7.48. The second-order valence-corrected chi connectivity index (χ2v) is 18.8. The third-order valence-electron chi connectivity index (χ3n) is 11.6. The van der Waals surface area contributed by atoms with Gasteiger partial charge in [-0.25, -0.2) is 4.57 Å². The number of nitrogens with zero attached hydrogens (tertiary/aromatic N) is 2. The summed E-state index contributed by atoms with van der Waals surface area (Å²) < 4.78 is 29.3. The van der Waals surface area contributed by atoms with E-state index in [0.29, 0.717) is 19.8 Å². The molecule has 0 aliphatic carbocycles. The van der Waals surface area contributed by atoms with E-state index >= 15 is 0 Å². The van der Waals surface area contributed by atoms with Crippen LogP contribution in [0.15, 0.2) is 0 Å². The molecular formula is C49H103N2O4P. The number of rotatable bonds is 49. The molecule has 0 bridgehead atoms. The van der Waals surface area contributed by atoms with Crippen molar-refractivity contribution in [1.29, 1.82) is 0 Å². The summed E-state index contributed by atoms with van der Waals surface area (Å²) in [4.78, 5) is 5.47. The molecule has 0 saturated carbocycles. The summed E-state index contributed by atoms with van der Waals surface area (Å²) in [5, 5.41) is 0. The van der Waals surface area contributed by atoms with E-state index in [1.165, 1.54) is 238 Å². The minimum Gasteiger partial charge on any atom is -0.303 e. The molecule has 0 spiro atoms. The number of phosphoric ester groups is 1. The van der Waals surface area contributed by atoms with Crippen LogP contribution in [0.3, 0.4) is 0 Å². The number of unbranched alkanes of at least 4 members (excludes halogenated alkanes) is 30. The van der Waals surface area contributed by atoms with Gasteiger partial charge in [0, 0.05) is 6.54 Å². The van der Waals surface area contributed by atoms with Gasteiger partial charge >= 0.3 is 7.82 Å². The van der Waals surface area contributed by atoms with E-state index < -0.39 is 7.82 Å². The lowest BCUT2D eigenvalue weighted by molar-refractivity contribution is 0.116. The van der Waals surface area contributed by atoms with Crippen LogP contribution in [-0.4, -0.2) is 68.9 Å². The van der Waals surface area contributed by atoms with E-state index in [4.69, 9.17) is 13.6 Å². The number of phosphoric acid groups is 1. The topological polar surface area (TPSA) is 51.2 Å². The Morgan fingerprint density at radius 1 is 0.286 bits per heavy atom. The van der Waals surface area contributed by atoms with Gasteiger partial charge in [-0.1, -0.05) is 213 Å². The van der Waals surface area contributed by atoms with Crippen molar-refractivity contribution in [2.24, 2.45) is 0 Å². The van der Waals surface area contributed by atoms with E-state index in [-0.39, 0.29) is 0 Å². The zero-order valence-corrected chi connectivity index (χ0v) is 40.0. The Balaban J connectivity index is 4.84. The molecule has 0 N–H and O–H groups in total. The zero-order valence-electron chi connectivity index (χ0n) is 39.1. The molecule has 0 aromatic rings. The predicted molar refractivity (Wildman–Crippen MR) is 248 cm³/mol. The normalized spacial score (nSPS) is 12.2. The van der Waals surface area contributed by atoms with Crippen molar-refractivity contribution in [3.05, 3.63) is 0 Å². The molecule has 0 rings (SSSR count). The minimum absolute atomic E-state index is 0.331. The number of hydrogen-bond acceptors (Lipinski definition) is 6. The molecule has 0 aliphatic rings. The Hall–Kier alpha value is 0.0300. The van der Waals surface area contributed by atoms with Crippen LogP contribution in [-0.2, 0) is 18.1 Å². The van der Waals surface area contributed by atoms with E-state index in [1.807, 2.05) is 13.8 Å². The Labute approximate surface area is 353 Å². The van der Waals surface area contributed by atoms with Crippen molar-refractivity contribution >= 4 is 7.82 Å². The van der Waals surface area contributed by atoms with Crippen molar-refractivity contribution in [3.8, 4) is 0 Å². The lowest BCUT2D eigenvalue weighted by Gasteiger charge is -2.26. The maximum absolute atomic E-state index is 12.8. The fourth-order valence-electron chi connectivity index (χ4n) is 8.08. The molecule has 56 heavy (non-hydrogen) atoms. The zero-order chi connectivity index (χ0) is 40.9. The fraction of sp³-hybridized carbons (Fsp3) is 1.00. The third kappa shape index (κ3) is 40.8. The summed E-state index contributed by atoms with van der Waals surface area (Å²) in [6.45, 7) is 18.7. The van der Waals surface area contributed by atoms with Crippen LogP contribution in [0.1, 0.15) is 259 Å². The smallest absolute Gasteiger partial charge is 0.303 e. The van der Waals surface area contributed by atoms with Gasteiger partial charge in [0.25, 0.3) is 0 Å². The lowest BCUT2D eigenvalue weighted by atomic mass is 10.1. The summed E-state index contributed by atoms with van der Waals surface area (Å²) in [7, 11) is -3.44. The van der Waals surface area contributed by atoms with Crippen molar-refractivity contribution in [2.45, 2.75) is 259 Å². The maximum Gasteiger partial charge on any atom is 0.474 e. The Morgan fingerprint density at radius 2 is 0.518 bits per heavy atom. The van der Waals surface area contributed by atoms with Crippen LogP contribution in [0, 0.1) is 0 Å². The SMILES string of the molecule is CCCCCCCCCCCCCN(CCCCCCCCCCCCC)CCCN(CCCCCCCCCCCCC)CCCOP(=O)(OCC)OCC. The molecule has 6 nitrogen and oxygen atoms in total. The van der Waals surface area contributed by atoms with E-state index in [9.17, 15) is 4.57 Å². The van der Waals surface area contributed by atoms with E-state index in [2.05, 4.69) is 30.6 Å². The van der Waals surface area contributed by atoms with Gasteiger partial charge in [0.05, 0.1) is 19.8 Å². The van der Waals surface area contributed by atoms with Gasteiger partial charge < -0.3 is 9.80 Å². The Morgan fingerprint density at radius 3 is 0.786 bits per heavy atom. The molecule has 0 aromatic carbocycles. The van der Waals surface area contributed by atoms with E-state index in [0.717, 1.165) is 26.1 Å². The highest BCUT2D eigenvalue weighted by Crippen LogP contribution is 2.49. The first-order chi connectivity index (χ1) is 27.5. The Bertz CT molecular complexity index is 751.